The molecule has 0 unspecified atom stereocenters. The summed E-state index contributed by atoms with van der Waals surface area (Å²) >= 11 is 3.13. The van der Waals surface area contributed by atoms with Gasteiger partial charge in [-0.3, -0.25) is 4.57 Å². The molecule has 0 aromatic heterocycles. The van der Waals surface area contributed by atoms with Gasteiger partial charge >= 0.3 is 7.60 Å². The van der Waals surface area contributed by atoms with E-state index >= 15 is 0 Å². The summed E-state index contributed by atoms with van der Waals surface area (Å²) in [7, 11) is 0.0358. The fourth-order valence-electron chi connectivity index (χ4n) is 0.361. The van der Waals surface area contributed by atoms with Crippen molar-refractivity contribution in [3.8, 4) is 0 Å². The maximum atomic E-state index is 11.1. The van der Waals surface area contributed by atoms with E-state index in [0.717, 1.165) is 0 Å². The molecule has 0 aromatic rings. The zero-order valence-electron chi connectivity index (χ0n) is 5.46. The maximum Gasteiger partial charge on any atom is 0.330 e. The molecule has 56 valence electrons. The van der Waals surface area contributed by atoms with Gasteiger partial charge in [0.05, 0.1) is 6.16 Å². The monoisotopic (exact) mass is 216 g/mol. The van der Waals surface area contributed by atoms with Crippen molar-refractivity contribution in [1.29, 1.82) is 0 Å². The van der Waals surface area contributed by atoms with Crippen LogP contribution in [0, 0.1) is 0 Å². The Labute approximate surface area is 63.4 Å². The average Bonchev–Trinajstić information content (AvgIpc) is 1.89. The average molecular weight is 217 g/mol. The van der Waals surface area contributed by atoms with Gasteiger partial charge in [0.2, 0.25) is 0 Å². The minimum absolute atomic E-state index is 0.417. The van der Waals surface area contributed by atoms with Gasteiger partial charge in [-0.2, -0.15) is 0 Å². The molecule has 0 saturated heterocycles. The van der Waals surface area contributed by atoms with Gasteiger partial charge in [-0.1, -0.05) is 15.9 Å². The molecule has 0 fully saturated rings. The Morgan fingerprint density at radius 3 is 2.00 bits per heavy atom. The first-order valence-electron chi connectivity index (χ1n) is 2.45. The summed E-state index contributed by atoms with van der Waals surface area (Å²) in [5.74, 6) is 0. The number of hydrogen-bond donors (Lipinski definition) is 0. The minimum atomic E-state index is -2.73. The van der Waals surface area contributed by atoms with Crippen molar-refractivity contribution in [2.45, 2.75) is 0 Å². The van der Waals surface area contributed by atoms with Crippen LogP contribution in [0.3, 0.4) is 0 Å². The third kappa shape index (κ3) is 3.36. The molecule has 0 N–H and O–H groups in total. The lowest BCUT2D eigenvalue weighted by Gasteiger charge is -2.10. The first kappa shape index (κ1) is 9.63. The number of halogens is 1. The van der Waals surface area contributed by atoms with Crippen molar-refractivity contribution in [2.24, 2.45) is 0 Å². The van der Waals surface area contributed by atoms with E-state index in [1.54, 1.807) is 0 Å². The second-order valence-electron chi connectivity index (χ2n) is 1.39. The van der Waals surface area contributed by atoms with E-state index in [2.05, 4.69) is 25.0 Å². The third-order valence-electron chi connectivity index (χ3n) is 0.915. The quantitative estimate of drug-likeness (QED) is 0.532. The van der Waals surface area contributed by atoms with Crippen molar-refractivity contribution in [3.05, 3.63) is 0 Å². The minimum Gasteiger partial charge on any atom is -0.312 e. The van der Waals surface area contributed by atoms with Crippen LogP contribution < -0.4 is 0 Å². The molecule has 0 spiro atoms. The van der Waals surface area contributed by atoms with Gasteiger partial charge in [0.1, 0.15) is 0 Å². The highest BCUT2D eigenvalue weighted by Crippen LogP contribution is 2.45. The van der Waals surface area contributed by atoms with E-state index in [1.165, 1.54) is 14.2 Å². The molecular formula is C4H10BrO3P. The van der Waals surface area contributed by atoms with E-state index < -0.39 is 7.60 Å². The van der Waals surface area contributed by atoms with E-state index in [0.29, 0.717) is 11.5 Å². The standard InChI is InChI=1S/C4H10BrO3P/c1-7-9(6,8-2)4-3-5/h3-4H2,1-2H3. The first-order valence-corrected chi connectivity index (χ1v) is 5.30. The van der Waals surface area contributed by atoms with Crippen LogP contribution in [0.2, 0.25) is 0 Å². The van der Waals surface area contributed by atoms with Crippen LogP contribution in [-0.2, 0) is 13.6 Å². The Morgan fingerprint density at radius 2 is 1.89 bits per heavy atom. The lowest BCUT2D eigenvalue weighted by molar-refractivity contribution is 0.277. The largest absolute Gasteiger partial charge is 0.330 e. The van der Waals surface area contributed by atoms with Gasteiger partial charge in [0.15, 0.2) is 0 Å². The van der Waals surface area contributed by atoms with E-state index in [-0.39, 0.29) is 0 Å². The second kappa shape index (κ2) is 4.45. The highest BCUT2D eigenvalue weighted by atomic mass is 79.9. The number of alkyl halides is 1. The molecule has 0 saturated carbocycles. The van der Waals surface area contributed by atoms with Crippen LogP contribution in [0.5, 0.6) is 0 Å². The van der Waals surface area contributed by atoms with Crippen molar-refractivity contribution >= 4 is 23.5 Å². The lowest BCUT2D eigenvalue weighted by atomic mass is 11.0. The van der Waals surface area contributed by atoms with Gasteiger partial charge in [0, 0.05) is 19.5 Å². The smallest absolute Gasteiger partial charge is 0.312 e. The van der Waals surface area contributed by atoms with Gasteiger partial charge in [-0.05, 0) is 0 Å². The van der Waals surface area contributed by atoms with Crippen LogP contribution in [-0.4, -0.2) is 25.7 Å². The van der Waals surface area contributed by atoms with Gasteiger partial charge in [-0.15, -0.1) is 0 Å². The summed E-state index contributed by atoms with van der Waals surface area (Å²) in [5.41, 5.74) is 0. The molecule has 0 atom stereocenters. The van der Waals surface area contributed by atoms with Crippen molar-refractivity contribution in [2.75, 3.05) is 25.7 Å². The van der Waals surface area contributed by atoms with Crippen molar-refractivity contribution in [3.63, 3.8) is 0 Å². The summed E-state index contributed by atoms with van der Waals surface area (Å²) in [6, 6.07) is 0. The summed E-state index contributed by atoms with van der Waals surface area (Å²) in [6.07, 6.45) is 0.417. The summed E-state index contributed by atoms with van der Waals surface area (Å²) in [6.45, 7) is 0. The topological polar surface area (TPSA) is 35.5 Å². The highest BCUT2D eigenvalue weighted by Gasteiger charge is 2.18. The third-order valence-corrected chi connectivity index (χ3v) is 3.81. The SMILES string of the molecule is COP(=O)(CCBr)OC. The van der Waals surface area contributed by atoms with Crippen LogP contribution in [0.15, 0.2) is 0 Å². The van der Waals surface area contributed by atoms with Crippen LogP contribution >= 0.6 is 23.5 Å². The van der Waals surface area contributed by atoms with E-state index in [1.807, 2.05) is 0 Å². The Morgan fingerprint density at radius 1 is 1.44 bits per heavy atom. The van der Waals surface area contributed by atoms with Gasteiger partial charge in [0.25, 0.3) is 0 Å². The number of rotatable bonds is 4. The van der Waals surface area contributed by atoms with E-state index in [9.17, 15) is 4.57 Å². The van der Waals surface area contributed by atoms with Crippen LogP contribution in [0.4, 0.5) is 0 Å². The Bertz CT molecular complexity index is 108. The molecule has 0 radical (unpaired) electrons. The van der Waals surface area contributed by atoms with Gasteiger partial charge in [-0.25, -0.2) is 0 Å². The number of hydrogen-bond acceptors (Lipinski definition) is 3. The zero-order valence-corrected chi connectivity index (χ0v) is 7.94. The summed E-state index contributed by atoms with van der Waals surface area (Å²) < 4.78 is 20.3. The predicted octanol–water partition coefficient (Wildman–Crippen LogP) is 1.87. The Kier molecular flexibility index (Phi) is 4.76. The highest BCUT2D eigenvalue weighted by molar-refractivity contribution is 9.09. The van der Waals surface area contributed by atoms with Crippen LogP contribution in [0.1, 0.15) is 0 Å². The van der Waals surface area contributed by atoms with Crippen LogP contribution in [0.25, 0.3) is 0 Å². The molecular weight excluding hydrogens is 207 g/mol. The molecule has 0 aliphatic heterocycles. The first-order chi connectivity index (χ1) is 4.18. The zero-order chi connectivity index (χ0) is 7.33. The summed E-state index contributed by atoms with van der Waals surface area (Å²) in [5, 5.41) is 0.631. The van der Waals surface area contributed by atoms with Gasteiger partial charge < -0.3 is 9.05 Å². The fourth-order valence-corrected chi connectivity index (χ4v) is 2.38. The summed E-state index contributed by atoms with van der Waals surface area (Å²) in [4.78, 5) is 0. The molecule has 0 aromatic carbocycles. The molecule has 3 nitrogen and oxygen atoms in total. The molecule has 0 amide bonds. The molecule has 0 aliphatic rings. The lowest BCUT2D eigenvalue weighted by Crippen LogP contribution is -1.94. The fraction of sp³-hybridized carbons (Fsp3) is 1.00. The molecule has 0 aliphatic carbocycles. The van der Waals surface area contributed by atoms with Crippen molar-refractivity contribution < 1.29 is 13.6 Å². The molecule has 0 heterocycles. The Hall–Kier alpha value is 0.630. The Balaban J connectivity index is 3.78. The normalized spacial score (nSPS) is 11.9. The molecule has 0 bridgehead atoms. The molecule has 9 heavy (non-hydrogen) atoms. The van der Waals surface area contributed by atoms with E-state index in [4.69, 9.17) is 0 Å². The van der Waals surface area contributed by atoms with Crippen molar-refractivity contribution in [1.82, 2.24) is 0 Å². The molecule has 5 heteroatoms. The second-order valence-corrected chi connectivity index (χ2v) is 4.58. The predicted molar refractivity (Wildman–Crippen MR) is 40.3 cm³/mol. The molecule has 0 rings (SSSR count). The maximum absolute atomic E-state index is 11.1.